The lowest BCUT2D eigenvalue weighted by atomic mass is 9.96. The van der Waals surface area contributed by atoms with Crippen molar-refractivity contribution in [3.8, 4) is 0 Å². The first-order chi connectivity index (χ1) is 12.6. The Labute approximate surface area is 181 Å². The zero-order chi connectivity index (χ0) is 18.1. The van der Waals surface area contributed by atoms with Crippen LogP contribution in [0.15, 0.2) is 46.9 Å². The molecule has 0 spiro atoms. The second kappa shape index (κ2) is 9.50. The Bertz CT molecular complexity index is 936. The molecule has 2 heterocycles. The van der Waals surface area contributed by atoms with Gasteiger partial charge in [0.05, 0.1) is 6.42 Å². The maximum Gasteiger partial charge on any atom is 0.226 e. The van der Waals surface area contributed by atoms with Gasteiger partial charge in [0, 0.05) is 29.7 Å². The molecule has 0 saturated carbocycles. The van der Waals surface area contributed by atoms with Crippen LogP contribution >= 0.6 is 36.4 Å². The Morgan fingerprint density at radius 1 is 1.14 bits per heavy atom. The summed E-state index contributed by atoms with van der Waals surface area (Å²) in [7, 11) is 0. The molecular weight excluding hydrogens is 421 g/mol. The largest absolute Gasteiger partial charge is 0.440 e. The second-order valence-electron chi connectivity index (χ2n) is 6.74. The van der Waals surface area contributed by atoms with Crippen molar-refractivity contribution in [2.45, 2.75) is 25.2 Å². The van der Waals surface area contributed by atoms with E-state index in [2.05, 4.69) is 4.98 Å². The molecule has 1 aliphatic heterocycles. The number of piperidine rings is 1. The zero-order valence-corrected chi connectivity index (χ0v) is 17.5. The van der Waals surface area contributed by atoms with Gasteiger partial charge in [0.25, 0.3) is 0 Å². The number of anilines is 1. The van der Waals surface area contributed by atoms with Crippen molar-refractivity contribution in [3.63, 3.8) is 0 Å². The Morgan fingerprint density at radius 2 is 1.82 bits per heavy atom. The van der Waals surface area contributed by atoms with Crippen LogP contribution in [0.25, 0.3) is 11.1 Å². The number of hydrogen-bond acceptors (Lipinski definition) is 4. The molecule has 1 fully saturated rings. The summed E-state index contributed by atoms with van der Waals surface area (Å²) in [5.74, 6) is 1.13. The van der Waals surface area contributed by atoms with E-state index in [-0.39, 0.29) is 36.6 Å². The fraction of sp³-hybridized carbons (Fsp3) is 0.300. The van der Waals surface area contributed by atoms with Crippen LogP contribution in [0.2, 0.25) is 5.02 Å². The normalized spacial score (nSPS) is 14.4. The van der Waals surface area contributed by atoms with Crippen molar-refractivity contribution in [2.24, 2.45) is 0 Å². The molecule has 28 heavy (non-hydrogen) atoms. The van der Waals surface area contributed by atoms with Crippen LogP contribution in [0.4, 0.5) is 5.69 Å². The third-order valence-corrected chi connectivity index (χ3v) is 5.13. The van der Waals surface area contributed by atoms with E-state index in [1.807, 2.05) is 41.3 Å². The molecule has 1 aliphatic rings. The van der Waals surface area contributed by atoms with Crippen LogP contribution in [0.5, 0.6) is 0 Å². The SMILES string of the molecule is Cl.Cl.Nc1ccc(CC(=O)N2CCC(c3nc4cc(Cl)ccc4o3)CC2)cc1. The van der Waals surface area contributed by atoms with Gasteiger partial charge in [-0.25, -0.2) is 4.98 Å². The first-order valence-electron chi connectivity index (χ1n) is 8.76. The lowest BCUT2D eigenvalue weighted by Gasteiger charge is -2.30. The highest BCUT2D eigenvalue weighted by Crippen LogP contribution is 2.31. The number of carbonyl (C=O) groups excluding carboxylic acids is 1. The number of carbonyl (C=O) groups is 1. The van der Waals surface area contributed by atoms with E-state index < -0.39 is 0 Å². The topological polar surface area (TPSA) is 72.4 Å². The Hall–Kier alpha value is -1.95. The van der Waals surface area contributed by atoms with Crippen molar-refractivity contribution in [2.75, 3.05) is 18.8 Å². The van der Waals surface area contributed by atoms with E-state index in [0.29, 0.717) is 17.1 Å². The molecule has 2 N–H and O–H groups in total. The number of benzene rings is 2. The number of amides is 1. The summed E-state index contributed by atoms with van der Waals surface area (Å²) in [6.07, 6.45) is 2.12. The molecule has 2 aromatic carbocycles. The molecular formula is C20H22Cl3N3O2. The quantitative estimate of drug-likeness (QED) is 0.588. The van der Waals surface area contributed by atoms with Gasteiger partial charge in [-0.2, -0.15) is 0 Å². The number of rotatable bonds is 3. The predicted molar refractivity (Wildman–Crippen MR) is 117 cm³/mol. The minimum absolute atomic E-state index is 0. The molecule has 0 radical (unpaired) electrons. The molecule has 3 aromatic rings. The van der Waals surface area contributed by atoms with Gasteiger partial charge in [0.15, 0.2) is 11.5 Å². The molecule has 1 amide bonds. The van der Waals surface area contributed by atoms with Crippen LogP contribution < -0.4 is 5.73 Å². The number of nitrogens with zero attached hydrogens (tertiary/aromatic N) is 2. The molecule has 0 unspecified atom stereocenters. The number of likely N-dealkylation sites (tertiary alicyclic amines) is 1. The first-order valence-corrected chi connectivity index (χ1v) is 9.14. The summed E-state index contributed by atoms with van der Waals surface area (Å²) in [5.41, 5.74) is 8.93. The molecule has 0 aliphatic carbocycles. The van der Waals surface area contributed by atoms with Crippen LogP contribution in [0.1, 0.15) is 30.2 Å². The lowest BCUT2D eigenvalue weighted by Crippen LogP contribution is -2.38. The van der Waals surface area contributed by atoms with Gasteiger partial charge in [-0.3, -0.25) is 4.79 Å². The molecule has 0 atom stereocenters. The number of fused-ring (bicyclic) bond motifs is 1. The van der Waals surface area contributed by atoms with Gasteiger partial charge in [-0.05, 0) is 48.7 Å². The van der Waals surface area contributed by atoms with Gasteiger partial charge in [-0.1, -0.05) is 23.7 Å². The number of nitrogens with two attached hydrogens (primary N) is 1. The van der Waals surface area contributed by atoms with Gasteiger partial charge in [0.2, 0.25) is 5.91 Å². The van der Waals surface area contributed by atoms with Crippen LogP contribution in [0.3, 0.4) is 0 Å². The Balaban J connectivity index is 0.00000140. The highest BCUT2D eigenvalue weighted by Gasteiger charge is 2.27. The summed E-state index contributed by atoms with van der Waals surface area (Å²) in [4.78, 5) is 19.0. The van der Waals surface area contributed by atoms with Crippen molar-refractivity contribution < 1.29 is 9.21 Å². The molecule has 8 heteroatoms. The second-order valence-corrected chi connectivity index (χ2v) is 7.17. The molecule has 4 rings (SSSR count). The van der Waals surface area contributed by atoms with Crippen molar-refractivity contribution in [1.29, 1.82) is 0 Å². The summed E-state index contributed by atoms with van der Waals surface area (Å²) in [5, 5.41) is 0.653. The minimum atomic E-state index is 0. The van der Waals surface area contributed by atoms with Crippen molar-refractivity contribution in [1.82, 2.24) is 9.88 Å². The van der Waals surface area contributed by atoms with E-state index in [1.165, 1.54) is 0 Å². The van der Waals surface area contributed by atoms with E-state index in [9.17, 15) is 4.79 Å². The molecule has 150 valence electrons. The average Bonchev–Trinajstić information content (AvgIpc) is 3.07. The van der Waals surface area contributed by atoms with Gasteiger partial charge >= 0.3 is 0 Å². The minimum Gasteiger partial charge on any atom is -0.440 e. The number of halogens is 3. The number of hydrogen-bond donors (Lipinski definition) is 1. The lowest BCUT2D eigenvalue weighted by molar-refractivity contribution is -0.131. The predicted octanol–water partition coefficient (Wildman–Crippen LogP) is 4.86. The summed E-state index contributed by atoms with van der Waals surface area (Å²) in [6, 6.07) is 12.9. The number of aromatic nitrogens is 1. The Morgan fingerprint density at radius 3 is 2.50 bits per heavy atom. The molecule has 1 saturated heterocycles. The summed E-state index contributed by atoms with van der Waals surface area (Å²) < 4.78 is 5.88. The van der Waals surface area contributed by atoms with Gasteiger partial charge < -0.3 is 15.1 Å². The highest BCUT2D eigenvalue weighted by atomic mass is 35.5. The Kier molecular flexibility index (Phi) is 7.58. The van der Waals surface area contributed by atoms with E-state index in [0.717, 1.165) is 48.5 Å². The first kappa shape index (κ1) is 22.3. The third kappa shape index (κ3) is 4.90. The van der Waals surface area contributed by atoms with E-state index >= 15 is 0 Å². The van der Waals surface area contributed by atoms with E-state index in [4.69, 9.17) is 21.8 Å². The smallest absolute Gasteiger partial charge is 0.226 e. The fourth-order valence-corrected chi connectivity index (χ4v) is 3.56. The number of oxazole rings is 1. The molecule has 0 bridgehead atoms. The third-order valence-electron chi connectivity index (χ3n) is 4.90. The van der Waals surface area contributed by atoms with Gasteiger partial charge in [0.1, 0.15) is 5.52 Å². The molecule has 5 nitrogen and oxygen atoms in total. The van der Waals surface area contributed by atoms with Crippen molar-refractivity contribution in [3.05, 3.63) is 58.9 Å². The summed E-state index contributed by atoms with van der Waals surface area (Å²) >= 11 is 6.01. The van der Waals surface area contributed by atoms with Crippen LogP contribution in [0, 0.1) is 0 Å². The summed E-state index contributed by atoms with van der Waals surface area (Å²) in [6.45, 7) is 1.44. The zero-order valence-electron chi connectivity index (χ0n) is 15.1. The van der Waals surface area contributed by atoms with Crippen LogP contribution in [-0.2, 0) is 11.2 Å². The molecule has 1 aromatic heterocycles. The number of nitrogen functional groups attached to an aromatic ring is 1. The van der Waals surface area contributed by atoms with Gasteiger partial charge in [-0.15, -0.1) is 24.8 Å². The standard InChI is InChI=1S/C20H20ClN3O2.2ClH/c21-15-3-6-18-17(12-15)23-20(26-18)14-7-9-24(10-8-14)19(25)11-13-1-4-16(22)5-2-13;;/h1-6,12,14H,7-11,22H2;2*1H. The fourth-order valence-electron chi connectivity index (χ4n) is 3.39. The highest BCUT2D eigenvalue weighted by molar-refractivity contribution is 6.31. The monoisotopic (exact) mass is 441 g/mol. The van der Waals surface area contributed by atoms with Crippen molar-refractivity contribution >= 4 is 59.1 Å². The maximum atomic E-state index is 12.5. The average molecular weight is 443 g/mol. The van der Waals surface area contributed by atoms with Crippen LogP contribution in [-0.4, -0.2) is 28.9 Å². The maximum absolute atomic E-state index is 12.5. The van der Waals surface area contributed by atoms with E-state index in [1.54, 1.807) is 6.07 Å².